The largest absolute Gasteiger partial charge is 0.444 e. The standard InChI is InChI=1S/C24H30N2O3/c1-17(18-11-7-5-8-12-18)26-16-20(15-21(26)27)22(19-13-9-6-10-14-19)25-23(28)29-24(2,3)4/h5-14,17,20,22H,15-16H2,1-4H3,(H,25,28)/t17-,20+,22?/m0/s1. The third-order valence-electron chi connectivity index (χ3n) is 5.24. The summed E-state index contributed by atoms with van der Waals surface area (Å²) >= 11 is 0. The van der Waals surface area contributed by atoms with Crippen molar-refractivity contribution < 1.29 is 14.3 Å². The third kappa shape index (κ3) is 5.37. The van der Waals surface area contributed by atoms with Gasteiger partial charge in [-0.25, -0.2) is 4.79 Å². The highest BCUT2D eigenvalue weighted by Crippen LogP contribution is 2.35. The number of ether oxygens (including phenoxy) is 1. The molecule has 0 spiro atoms. The van der Waals surface area contributed by atoms with E-state index in [4.69, 9.17) is 4.74 Å². The Kier molecular flexibility index (Phi) is 6.26. The third-order valence-corrected chi connectivity index (χ3v) is 5.24. The molecule has 1 N–H and O–H groups in total. The molecule has 1 aliphatic rings. The molecule has 1 saturated heterocycles. The Bertz CT molecular complexity index is 830. The molecular weight excluding hydrogens is 364 g/mol. The summed E-state index contributed by atoms with van der Waals surface area (Å²) in [6.07, 6.45) is -0.0691. The monoisotopic (exact) mass is 394 g/mol. The Morgan fingerprint density at radius 2 is 1.59 bits per heavy atom. The predicted octanol–water partition coefficient (Wildman–Crippen LogP) is 4.86. The zero-order valence-electron chi connectivity index (χ0n) is 17.6. The zero-order chi connectivity index (χ0) is 21.0. The molecule has 3 rings (SSSR count). The van der Waals surface area contributed by atoms with E-state index in [2.05, 4.69) is 12.2 Å². The van der Waals surface area contributed by atoms with Crippen molar-refractivity contribution in [3.05, 3.63) is 71.8 Å². The number of amides is 2. The SMILES string of the molecule is C[C@@H](c1ccccc1)N1C[C@H](C(NC(=O)OC(C)(C)C)c2ccccc2)CC1=O. The number of nitrogens with one attached hydrogen (secondary N) is 1. The zero-order valence-corrected chi connectivity index (χ0v) is 17.6. The molecule has 1 fully saturated rings. The van der Waals surface area contributed by atoms with Crippen LogP contribution in [0.1, 0.15) is 57.3 Å². The molecule has 154 valence electrons. The molecule has 3 atom stereocenters. The van der Waals surface area contributed by atoms with Gasteiger partial charge in [-0.1, -0.05) is 60.7 Å². The molecule has 1 unspecified atom stereocenters. The quantitative estimate of drug-likeness (QED) is 0.788. The number of carbonyl (C=O) groups is 2. The van der Waals surface area contributed by atoms with Gasteiger partial charge in [0.15, 0.2) is 0 Å². The van der Waals surface area contributed by atoms with Gasteiger partial charge in [-0.2, -0.15) is 0 Å². The smallest absolute Gasteiger partial charge is 0.408 e. The molecule has 0 bridgehead atoms. The van der Waals surface area contributed by atoms with Gasteiger partial charge in [-0.15, -0.1) is 0 Å². The van der Waals surface area contributed by atoms with Gasteiger partial charge in [-0.3, -0.25) is 4.79 Å². The minimum absolute atomic E-state index is 0.00773. The molecule has 0 saturated carbocycles. The maximum absolute atomic E-state index is 12.8. The Hall–Kier alpha value is -2.82. The van der Waals surface area contributed by atoms with E-state index in [1.165, 1.54) is 0 Å². The van der Waals surface area contributed by atoms with Crippen LogP contribution < -0.4 is 5.32 Å². The molecule has 0 radical (unpaired) electrons. The lowest BCUT2D eigenvalue weighted by Crippen LogP contribution is -2.38. The lowest BCUT2D eigenvalue weighted by atomic mass is 9.92. The first-order valence-corrected chi connectivity index (χ1v) is 10.1. The molecule has 5 nitrogen and oxygen atoms in total. The highest BCUT2D eigenvalue weighted by Gasteiger charge is 2.39. The maximum atomic E-state index is 12.8. The van der Waals surface area contributed by atoms with E-state index in [1.54, 1.807) is 0 Å². The van der Waals surface area contributed by atoms with Gasteiger partial charge in [0.05, 0.1) is 12.1 Å². The van der Waals surface area contributed by atoms with Crippen LogP contribution >= 0.6 is 0 Å². The lowest BCUT2D eigenvalue weighted by Gasteiger charge is -2.29. The normalized spacial score (nSPS) is 19.0. The maximum Gasteiger partial charge on any atom is 0.408 e. The summed E-state index contributed by atoms with van der Waals surface area (Å²) in [5.74, 6) is 0.0850. The molecule has 1 aliphatic heterocycles. The second-order valence-corrected chi connectivity index (χ2v) is 8.63. The van der Waals surface area contributed by atoms with Crippen LogP contribution in [0.5, 0.6) is 0 Å². The molecule has 0 aromatic heterocycles. The number of benzene rings is 2. The first-order valence-electron chi connectivity index (χ1n) is 10.1. The topological polar surface area (TPSA) is 58.6 Å². The summed E-state index contributed by atoms with van der Waals surface area (Å²) < 4.78 is 5.47. The van der Waals surface area contributed by atoms with Gasteiger partial charge in [0, 0.05) is 18.9 Å². The molecule has 2 aromatic rings. The fraction of sp³-hybridized carbons (Fsp3) is 0.417. The van der Waals surface area contributed by atoms with Crippen molar-refractivity contribution in [2.24, 2.45) is 5.92 Å². The summed E-state index contributed by atoms with van der Waals surface area (Å²) in [5.41, 5.74) is 1.51. The highest BCUT2D eigenvalue weighted by molar-refractivity contribution is 5.79. The summed E-state index contributed by atoms with van der Waals surface area (Å²) in [7, 11) is 0. The van der Waals surface area contributed by atoms with E-state index in [1.807, 2.05) is 86.3 Å². The number of nitrogens with zero attached hydrogens (tertiary/aromatic N) is 1. The first kappa shape index (κ1) is 20.9. The molecule has 29 heavy (non-hydrogen) atoms. The fourth-order valence-corrected chi connectivity index (χ4v) is 3.84. The van der Waals surface area contributed by atoms with Gasteiger partial charge in [0.25, 0.3) is 0 Å². The van der Waals surface area contributed by atoms with Crippen LogP contribution in [0, 0.1) is 5.92 Å². The summed E-state index contributed by atoms with van der Waals surface area (Å²) in [6, 6.07) is 19.5. The van der Waals surface area contributed by atoms with Crippen LogP contribution in [-0.2, 0) is 9.53 Å². The second kappa shape index (κ2) is 8.68. The van der Waals surface area contributed by atoms with Crippen LogP contribution in [0.4, 0.5) is 4.79 Å². The van der Waals surface area contributed by atoms with E-state index in [0.717, 1.165) is 11.1 Å². The van der Waals surface area contributed by atoms with Crippen molar-refractivity contribution in [1.82, 2.24) is 10.2 Å². The minimum atomic E-state index is -0.579. The second-order valence-electron chi connectivity index (χ2n) is 8.63. The number of hydrogen-bond acceptors (Lipinski definition) is 3. The number of carbonyl (C=O) groups excluding carboxylic acids is 2. The Labute approximate surface area is 173 Å². The molecule has 5 heteroatoms. The highest BCUT2D eigenvalue weighted by atomic mass is 16.6. The van der Waals surface area contributed by atoms with E-state index in [9.17, 15) is 9.59 Å². The van der Waals surface area contributed by atoms with E-state index in [0.29, 0.717) is 13.0 Å². The number of rotatable bonds is 5. The van der Waals surface area contributed by atoms with Crippen molar-refractivity contribution in [3.8, 4) is 0 Å². The van der Waals surface area contributed by atoms with Crippen LogP contribution in [-0.4, -0.2) is 29.0 Å². The average Bonchev–Trinajstić information content (AvgIpc) is 3.07. The van der Waals surface area contributed by atoms with Gasteiger partial charge in [-0.05, 0) is 38.8 Å². The van der Waals surface area contributed by atoms with E-state index in [-0.39, 0.29) is 23.9 Å². The number of alkyl carbamates (subject to hydrolysis) is 1. The lowest BCUT2D eigenvalue weighted by molar-refractivity contribution is -0.129. The first-order chi connectivity index (χ1) is 13.7. The Morgan fingerprint density at radius 3 is 2.14 bits per heavy atom. The van der Waals surface area contributed by atoms with Crippen molar-refractivity contribution >= 4 is 12.0 Å². The molecular formula is C24H30N2O3. The van der Waals surface area contributed by atoms with Crippen LogP contribution in [0.25, 0.3) is 0 Å². The molecule has 0 aliphatic carbocycles. The summed E-state index contributed by atoms with van der Waals surface area (Å²) in [6.45, 7) is 8.16. The van der Waals surface area contributed by atoms with Crippen LogP contribution in [0.15, 0.2) is 60.7 Å². The van der Waals surface area contributed by atoms with Gasteiger partial charge < -0.3 is 15.0 Å². The van der Waals surface area contributed by atoms with Crippen LogP contribution in [0.3, 0.4) is 0 Å². The summed E-state index contributed by atoms with van der Waals surface area (Å²) in [5, 5.41) is 3.01. The van der Waals surface area contributed by atoms with Crippen LogP contribution in [0.2, 0.25) is 0 Å². The average molecular weight is 395 g/mol. The van der Waals surface area contributed by atoms with Gasteiger partial charge >= 0.3 is 6.09 Å². The van der Waals surface area contributed by atoms with Crippen molar-refractivity contribution in [2.45, 2.75) is 51.8 Å². The van der Waals surface area contributed by atoms with Crippen molar-refractivity contribution in [2.75, 3.05) is 6.54 Å². The molecule has 1 heterocycles. The predicted molar refractivity (Wildman–Crippen MR) is 113 cm³/mol. The van der Waals surface area contributed by atoms with E-state index >= 15 is 0 Å². The Morgan fingerprint density at radius 1 is 1.03 bits per heavy atom. The van der Waals surface area contributed by atoms with Crippen molar-refractivity contribution in [1.29, 1.82) is 0 Å². The van der Waals surface area contributed by atoms with Crippen molar-refractivity contribution in [3.63, 3.8) is 0 Å². The summed E-state index contributed by atoms with van der Waals surface area (Å²) in [4.78, 5) is 27.2. The Balaban J connectivity index is 1.79. The molecule has 2 aromatic carbocycles. The minimum Gasteiger partial charge on any atom is -0.444 e. The van der Waals surface area contributed by atoms with Gasteiger partial charge in [0.2, 0.25) is 5.91 Å². The van der Waals surface area contributed by atoms with Gasteiger partial charge in [0.1, 0.15) is 5.60 Å². The van der Waals surface area contributed by atoms with E-state index < -0.39 is 11.7 Å². The number of hydrogen-bond donors (Lipinski definition) is 1. The number of likely N-dealkylation sites (tertiary alicyclic amines) is 1. The fourth-order valence-electron chi connectivity index (χ4n) is 3.84. The molecule has 2 amide bonds.